The number of carbonyl (C=O) groups is 1. The van der Waals surface area contributed by atoms with E-state index in [1.54, 1.807) is 0 Å². The Morgan fingerprint density at radius 1 is 1.30 bits per heavy atom. The molecule has 0 amide bonds. The summed E-state index contributed by atoms with van der Waals surface area (Å²) < 4.78 is 11.2. The third-order valence-electron chi connectivity index (χ3n) is 3.27. The fourth-order valence-corrected chi connectivity index (χ4v) is 2.15. The highest BCUT2D eigenvalue weighted by molar-refractivity contribution is 5.73. The van der Waals surface area contributed by atoms with Gasteiger partial charge < -0.3 is 19.9 Å². The zero-order chi connectivity index (χ0) is 14.5. The third kappa shape index (κ3) is 3.63. The van der Waals surface area contributed by atoms with Crippen molar-refractivity contribution in [3.63, 3.8) is 0 Å². The summed E-state index contributed by atoms with van der Waals surface area (Å²) in [5.74, 6) is 0.699. The van der Waals surface area contributed by atoms with Crippen LogP contribution in [0, 0.1) is 5.92 Å². The van der Waals surface area contributed by atoms with E-state index in [2.05, 4.69) is 5.32 Å². The van der Waals surface area contributed by atoms with Gasteiger partial charge in [0.05, 0.1) is 13.2 Å². The molecule has 1 aliphatic heterocycles. The maximum atomic E-state index is 11.1. The molecule has 5 heteroatoms. The number of hydrogen-bond acceptors (Lipinski definition) is 4. The van der Waals surface area contributed by atoms with E-state index in [-0.39, 0.29) is 5.92 Å². The van der Waals surface area contributed by atoms with Crippen LogP contribution in [0.5, 0.6) is 11.5 Å². The summed E-state index contributed by atoms with van der Waals surface area (Å²) in [4.78, 5) is 11.1. The Bertz CT molecular complexity index is 473. The van der Waals surface area contributed by atoms with Gasteiger partial charge in [-0.25, -0.2) is 0 Å². The number of nitrogens with one attached hydrogen (secondary N) is 1. The van der Waals surface area contributed by atoms with Gasteiger partial charge in [0, 0.05) is 13.0 Å². The van der Waals surface area contributed by atoms with Crippen LogP contribution in [0.1, 0.15) is 25.8 Å². The fraction of sp³-hybridized carbons (Fsp3) is 0.533. The second-order valence-corrected chi connectivity index (χ2v) is 5.27. The molecular weight excluding hydrogens is 258 g/mol. The number of hydrogen-bond donors (Lipinski definition) is 2. The van der Waals surface area contributed by atoms with Crippen molar-refractivity contribution in [1.82, 2.24) is 5.32 Å². The topological polar surface area (TPSA) is 67.8 Å². The third-order valence-corrected chi connectivity index (χ3v) is 3.27. The lowest BCUT2D eigenvalue weighted by Gasteiger charge is -2.18. The number of fused-ring (bicyclic) bond motifs is 1. The Balaban J connectivity index is 2.03. The molecule has 1 atom stereocenters. The first-order valence-corrected chi connectivity index (χ1v) is 6.92. The Morgan fingerprint density at radius 2 is 2.00 bits per heavy atom. The number of rotatable bonds is 5. The van der Waals surface area contributed by atoms with E-state index in [0.29, 0.717) is 19.8 Å². The number of benzene rings is 1. The summed E-state index contributed by atoms with van der Waals surface area (Å²) in [7, 11) is 0. The molecule has 1 aromatic rings. The van der Waals surface area contributed by atoms with Crippen molar-refractivity contribution in [1.29, 1.82) is 0 Å². The summed E-state index contributed by atoms with van der Waals surface area (Å²) in [6, 6.07) is 5.17. The highest BCUT2D eigenvalue weighted by Crippen LogP contribution is 2.30. The van der Waals surface area contributed by atoms with Crippen molar-refractivity contribution in [3.8, 4) is 11.5 Å². The number of ether oxygens (including phenoxy) is 2. The standard InChI is InChI=1S/C15H21NO4/c1-10(2)14(15(17)18)16-9-11-4-5-12-13(8-11)20-7-3-6-19-12/h4-5,8,10,14,16H,3,6-7,9H2,1-2H3,(H,17,18). The monoisotopic (exact) mass is 279 g/mol. The molecule has 0 aromatic heterocycles. The quantitative estimate of drug-likeness (QED) is 0.863. The van der Waals surface area contributed by atoms with Crippen LogP contribution in [0.2, 0.25) is 0 Å². The van der Waals surface area contributed by atoms with Crippen LogP contribution in [0.25, 0.3) is 0 Å². The molecule has 5 nitrogen and oxygen atoms in total. The van der Waals surface area contributed by atoms with E-state index in [9.17, 15) is 4.79 Å². The largest absolute Gasteiger partial charge is 0.490 e. The van der Waals surface area contributed by atoms with Gasteiger partial charge in [0.2, 0.25) is 0 Å². The molecule has 2 N–H and O–H groups in total. The summed E-state index contributed by atoms with van der Waals surface area (Å²) in [5.41, 5.74) is 0.987. The van der Waals surface area contributed by atoms with Gasteiger partial charge in [-0.1, -0.05) is 19.9 Å². The van der Waals surface area contributed by atoms with Gasteiger partial charge in [0.25, 0.3) is 0 Å². The lowest BCUT2D eigenvalue weighted by atomic mass is 10.0. The van der Waals surface area contributed by atoms with E-state index >= 15 is 0 Å². The molecule has 1 aromatic carbocycles. The Morgan fingerprint density at radius 3 is 2.65 bits per heavy atom. The van der Waals surface area contributed by atoms with E-state index < -0.39 is 12.0 Å². The molecule has 0 aliphatic carbocycles. The molecule has 1 heterocycles. The Hall–Kier alpha value is -1.75. The molecule has 0 fully saturated rings. The second kappa shape index (κ2) is 6.61. The number of aliphatic carboxylic acids is 1. The van der Waals surface area contributed by atoms with Crippen LogP contribution >= 0.6 is 0 Å². The first-order valence-electron chi connectivity index (χ1n) is 6.92. The van der Waals surface area contributed by atoms with Gasteiger partial charge in [0.1, 0.15) is 6.04 Å². The molecule has 20 heavy (non-hydrogen) atoms. The normalized spacial score (nSPS) is 15.8. The molecular formula is C15H21NO4. The van der Waals surface area contributed by atoms with E-state index in [1.165, 1.54) is 0 Å². The minimum Gasteiger partial charge on any atom is -0.490 e. The van der Waals surface area contributed by atoms with Gasteiger partial charge in [-0.15, -0.1) is 0 Å². The van der Waals surface area contributed by atoms with Crippen LogP contribution in [-0.2, 0) is 11.3 Å². The van der Waals surface area contributed by atoms with Crippen molar-refractivity contribution in [3.05, 3.63) is 23.8 Å². The molecule has 1 unspecified atom stereocenters. The smallest absolute Gasteiger partial charge is 0.320 e. The van der Waals surface area contributed by atoms with E-state index in [4.69, 9.17) is 14.6 Å². The van der Waals surface area contributed by atoms with Gasteiger partial charge in [-0.05, 0) is 23.6 Å². The first-order chi connectivity index (χ1) is 9.58. The predicted molar refractivity (Wildman–Crippen MR) is 75.2 cm³/mol. The van der Waals surface area contributed by atoms with Crippen LogP contribution in [-0.4, -0.2) is 30.3 Å². The fourth-order valence-electron chi connectivity index (χ4n) is 2.15. The van der Waals surface area contributed by atoms with E-state index in [1.807, 2.05) is 32.0 Å². The predicted octanol–water partition coefficient (Wildman–Crippen LogP) is 2.05. The first kappa shape index (κ1) is 14.7. The van der Waals surface area contributed by atoms with E-state index in [0.717, 1.165) is 23.5 Å². The number of carboxylic acids is 1. The summed E-state index contributed by atoms with van der Waals surface area (Å²) in [5, 5.41) is 12.2. The molecule has 2 rings (SSSR count). The highest BCUT2D eigenvalue weighted by atomic mass is 16.5. The van der Waals surface area contributed by atoms with Crippen LogP contribution in [0.15, 0.2) is 18.2 Å². The highest BCUT2D eigenvalue weighted by Gasteiger charge is 2.20. The molecule has 0 radical (unpaired) electrons. The average molecular weight is 279 g/mol. The van der Waals surface area contributed by atoms with Crippen LogP contribution in [0.3, 0.4) is 0 Å². The SMILES string of the molecule is CC(C)C(NCc1ccc2c(c1)OCCCO2)C(=O)O. The van der Waals surface area contributed by atoms with Crippen molar-refractivity contribution in [2.45, 2.75) is 32.9 Å². The van der Waals surface area contributed by atoms with Gasteiger partial charge in [0.15, 0.2) is 11.5 Å². The second-order valence-electron chi connectivity index (χ2n) is 5.27. The maximum Gasteiger partial charge on any atom is 0.320 e. The van der Waals surface area contributed by atoms with Gasteiger partial charge in [-0.3, -0.25) is 4.79 Å². The molecule has 110 valence electrons. The van der Waals surface area contributed by atoms with Crippen molar-refractivity contribution in [2.24, 2.45) is 5.92 Å². The summed E-state index contributed by atoms with van der Waals surface area (Å²) >= 11 is 0. The summed E-state index contributed by atoms with van der Waals surface area (Å²) in [6.07, 6.45) is 0.872. The van der Waals surface area contributed by atoms with Crippen LogP contribution in [0.4, 0.5) is 0 Å². The average Bonchev–Trinajstić information content (AvgIpc) is 2.62. The molecule has 0 spiro atoms. The Labute approximate surface area is 118 Å². The van der Waals surface area contributed by atoms with Gasteiger partial charge >= 0.3 is 5.97 Å². The maximum absolute atomic E-state index is 11.1. The zero-order valence-electron chi connectivity index (χ0n) is 11.9. The van der Waals surface area contributed by atoms with Crippen molar-refractivity contribution >= 4 is 5.97 Å². The minimum absolute atomic E-state index is 0.0351. The molecule has 0 saturated heterocycles. The number of carboxylic acid groups (broad SMARTS) is 1. The summed E-state index contributed by atoms with van der Waals surface area (Å²) in [6.45, 7) is 5.58. The zero-order valence-corrected chi connectivity index (χ0v) is 11.9. The van der Waals surface area contributed by atoms with Crippen molar-refractivity contribution in [2.75, 3.05) is 13.2 Å². The molecule has 0 bridgehead atoms. The van der Waals surface area contributed by atoms with Crippen LogP contribution < -0.4 is 14.8 Å². The molecule has 1 aliphatic rings. The minimum atomic E-state index is -0.825. The molecule has 0 saturated carbocycles. The van der Waals surface area contributed by atoms with Crippen molar-refractivity contribution < 1.29 is 19.4 Å². The lowest BCUT2D eigenvalue weighted by Crippen LogP contribution is -2.40. The lowest BCUT2D eigenvalue weighted by molar-refractivity contribution is -0.140. The Kier molecular flexibility index (Phi) is 4.84. The van der Waals surface area contributed by atoms with Gasteiger partial charge in [-0.2, -0.15) is 0 Å².